The molecule has 2 rings (SSSR count). The van der Waals surface area contributed by atoms with E-state index in [0.29, 0.717) is 17.9 Å². The van der Waals surface area contributed by atoms with Gasteiger partial charge in [-0.3, -0.25) is 0 Å². The van der Waals surface area contributed by atoms with Gasteiger partial charge in [0.15, 0.2) is 0 Å². The second-order valence-electron chi connectivity index (χ2n) is 4.72. The Morgan fingerprint density at radius 2 is 2.25 bits per heavy atom. The topological polar surface area (TPSA) is 72.6 Å². The minimum Gasteiger partial charge on any atom is -0.496 e. The molecule has 1 heterocycles. The van der Waals surface area contributed by atoms with Crippen molar-refractivity contribution < 1.29 is 13.2 Å². The molecule has 0 radical (unpaired) electrons. The van der Waals surface area contributed by atoms with Gasteiger partial charge >= 0.3 is 0 Å². The third-order valence-corrected chi connectivity index (χ3v) is 6.58. The predicted molar refractivity (Wildman–Crippen MR) is 81.6 cm³/mol. The van der Waals surface area contributed by atoms with Gasteiger partial charge in [0.1, 0.15) is 5.75 Å². The van der Waals surface area contributed by atoms with Crippen LogP contribution in [0.25, 0.3) is 0 Å². The standard InChI is InChI=1S/C13H20N2O3S2/c1-10-9-19-6-5-15(10)20(16,17)12-3-4-13(18-2)11(7-12)8-14/h3-4,7,10H,5-6,8-9,14H2,1-2H3. The lowest BCUT2D eigenvalue weighted by atomic mass is 10.2. The summed E-state index contributed by atoms with van der Waals surface area (Å²) in [5, 5.41) is 0. The molecule has 112 valence electrons. The molecule has 1 aliphatic heterocycles. The van der Waals surface area contributed by atoms with Crippen LogP contribution in [0, 0.1) is 0 Å². The lowest BCUT2D eigenvalue weighted by Crippen LogP contribution is -2.44. The first-order valence-electron chi connectivity index (χ1n) is 6.47. The highest BCUT2D eigenvalue weighted by atomic mass is 32.2. The molecule has 1 atom stereocenters. The zero-order chi connectivity index (χ0) is 14.8. The Bertz CT molecular complexity index is 575. The Morgan fingerprint density at radius 3 is 2.85 bits per heavy atom. The van der Waals surface area contributed by atoms with Crippen molar-refractivity contribution in [3.8, 4) is 5.75 Å². The number of methoxy groups -OCH3 is 1. The van der Waals surface area contributed by atoms with Crippen molar-refractivity contribution in [2.75, 3.05) is 25.2 Å². The molecule has 0 aliphatic carbocycles. The van der Waals surface area contributed by atoms with E-state index in [1.165, 1.54) is 0 Å². The van der Waals surface area contributed by atoms with Crippen LogP contribution in [0.5, 0.6) is 5.75 Å². The largest absolute Gasteiger partial charge is 0.496 e. The zero-order valence-electron chi connectivity index (χ0n) is 11.7. The molecule has 1 aromatic rings. The molecule has 20 heavy (non-hydrogen) atoms. The van der Waals surface area contributed by atoms with Crippen LogP contribution in [0.15, 0.2) is 23.1 Å². The fourth-order valence-electron chi connectivity index (χ4n) is 2.28. The SMILES string of the molecule is COc1ccc(S(=O)(=O)N2CCSCC2C)cc1CN. The molecule has 1 fully saturated rings. The van der Waals surface area contributed by atoms with Gasteiger partial charge in [-0.15, -0.1) is 0 Å². The van der Waals surface area contributed by atoms with Gasteiger partial charge in [0, 0.05) is 36.2 Å². The van der Waals surface area contributed by atoms with Gasteiger partial charge < -0.3 is 10.5 Å². The molecule has 1 saturated heterocycles. The summed E-state index contributed by atoms with van der Waals surface area (Å²) in [5.41, 5.74) is 6.35. The molecule has 0 amide bonds. The van der Waals surface area contributed by atoms with Gasteiger partial charge in [-0.2, -0.15) is 16.1 Å². The van der Waals surface area contributed by atoms with Gasteiger partial charge in [0.2, 0.25) is 10.0 Å². The quantitative estimate of drug-likeness (QED) is 0.906. The summed E-state index contributed by atoms with van der Waals surface area (Å²) in [6.07, 6.45) is 0. The predicted octanol–water partition coefficient (Wildman–Crippen LogP) is 1.28. The molecule has 2 N–H and O–H groups in total. The Kier molecular flexibility index (Phi) is 4.95. The fourth-order valence-corrected chi connectivity index (χ4v) is 5.18. The third kappa shape index (κ3) is 2.95. The average molecular weight is 316 g/mol. The minimum absolute atomic E-state index is 0.0159. The number of ether oxygens (including phenoxy) is 1. The first kappa shape index (κ1) is 15.6. The second-order valence-corrected chi connectivity index (χ2v) is 7.76. The summed E-state index contributed by atoms with van der Waals surface area (Å²) < 4.78 is 32.2. The second kappa shape index (κ2) is 6.34. The smallest absolute Gasteiger partial charge is 0.243 e. The van der Waals surface area contributed by atoms with Crippen LogP contribution < -0.4 is 10.5 Å². The molecule has 0 aromatic heterocycles. The lowest BCUT2D eigenvalue weighted by molar-refractivity contribution is 0.367. The normalized spacial score (nSPS) is 20.9. The molecular formula is C13H20N2O3S2. The van der Waals surface area contributed by atoms with E-state index in [0.717, 1.165) is 11.5 Å². The molecule has 0 bridgehead atoms. The highest BCUT2D eigenvalue weighted by Crippen LogP contribution is 2.27. The van der Waals surface area contributed by atoms with Crippen LogP contribution in [0.2, 0.25) is 0 Å². The van der Waals surface area contributed by atoms with Crippen molar-refractivity contribution in [1.29, 1.82) is 0 Å². The van der Waals surface area contributed by atoms with Crippen LogP contribution in [0.3, 0.4) is 0 Å². The number of hydrogen-bond donors (Lipinski definition) is 1. The Labute approximate surface area is 124 Å². The van der Waals surface area contributed by atoms with E-state index in [4.69, 9.17) is 10.5 Å². The molecule has 0 saturated carbocycles. The summed E-state index contributed by atoms with van der Waals surface area (Å²) in [6, 6.07) is 4.88. The van der Waals surface area contributed by atoms with Crippen molar-refractivity contribution in [2.24, 2.45) is 5.73 Å². The van der Waals surface area contributed by atoms with E-state index < -0.39 is 10.0 Å². The molecule has 7 heteroatoms. The van der Waals surface area contributed by atoms with E-state index in [-0.39, 0.29) is 17.5 Å². The minimum atomic E-state index is -3.46. The summed E-state index contributed by atoms with van der Waals surface area (Å²) >= 11 is 1.79. The number of hydrogen-bond acceptors (Lipinski definition) is 5. The highest BCUT2D eigenvalue weighted by Gasteiger charge is 2.31. The summed E-state index contributed by atoms with van der Waals surface area (Å²) in [5.74, 6) is 2.29. The maximum atomic E-state index is 12.7. The molecular weight excluding hydrogens is 296 g/mol. The zero-order valence-corrected chi connectivity index (χ0v) is 13.3. The van der Waals surface area contributed by atoms with Crippen LogP contribution in [-0.4, -0.2) is 43.9 Å². The lowest BCUT2D eigenvalue weighted by Gasteiger charge is -2.32. The number of nitrogens with zero attached hydrogens (tertiary/aromatic N) is 1. The van der Waals surface area contributed by atoms with Crippen molar-refractivity contribution in [3.05, 3.63) is 23.8 Å². The average Bonchev–Trinajstić information content (AvgIpc) is 2.46. The Morgan fingerprint density at radius 1 is 1.50 bits per heavy atom. The number of sulfonamides is 1. The van der Waals surface area contributed by atoms with Crippen LogP contribution >= 0.6 is 11.8 Å². The summed E-state index contributed by atoms with van der Waals surface area (Å²) in [6.45, 7) is 2.74. The van der Waals surface area contributed by atoms with Crippen molar-refractivity contribution in [1.82, 2.24) is 4.31 Å². The van der Waals surface area contributed by atoms with E-state index in [9.17, 15) is 8.42 Å². The van der Waals surface area contributed by atoms with E-state index in [2.05, 4.69) is 0 Å². The third-order valence-electron chi connectivity index (χ3n) is 3.39. The van der Waals surface area contributed by atoms with E-state index >= 15 is 0 Å². The Balaban J connectivity index is 2.38. The first-order chi connectivity index (χ1) is 9.50. The monoisotopic (exact) mass is 316 g/mol. The number of rotatable bonds is 4. The van der Waals surface area contributed by atoms with Crippen molar-refractivity contribution in [2.45, 2.75) is 24.4 Å². The van der Waals surface area contributed by atoms with Gasteiger partial charge in [-0.1, -0.05) is 0 Å². The maximum absolute atomic E-state index is 12.7. The number of thioether (sulfide) groups is 1. The fraction of sp³-hybridized carbons (Fsp3) is 0.538. The van der Waals surface area contributed by atoms with Gasteiger partial charge in [0.05, 0.1) is 12.0 Å². The molecule has 1 aliphatic rings. The molecule has 1 unspecified atom stereocenters. The number of nitrogens with two attached hydrogens (primary N) is 1. The molecule has 5 nitrogen and oxygen atoms in total. The van der Waals surface area contributed by atoms with Crippen molar-refractivity contribution >= 4 is 21.8 Å². The summed E-state index contributed by atoms with van der Waals surface area (Å²) in [4.78, 5) is 0.289. The van der Waals surface area contributed by atoms with Gasteiger partial charge in [0.25, 0.3) is 0 Å². The van der Waals surface area contributed by atoms with Crippen LogP contribution in [0.1, 0.15) is 12.5 Å². The Hall–Kier alpha value is -0.760. The van der Waals surface area contributed by atoms with Crippen LogP contribution in [-0.2, 0) is 16.6 Å². The number of benzene rings is 1. The van der Waals surface area contributed by atoms with Crippen LogP contribution in [0.4, 0.5) is 0 Å². The van der Waals surface area contributed by atoms with Crippen molar-refractivity contribution in [3.63, 3.8) is 0 Å². The molecule has 1 aromatic carbocycles. The van der Waals surface area contributed by atoms with Gasteiger partial charge in [-0.25, -0.2) is 8.42 Å². The maximum Gasteiger partial charge on any atom is 0.243 e. The van der Waals surface area contributed by atoms with E-state index in [1.54, 1.807) is 41.4 Å². The molecule has 0 spiro atoms. The van der Waals surface area contributed by atoms with Gasteiger partial charge in [-0.05, 0) is 25.1 Å². The first-order valence-corrected chi connectivity index (χ1v) is 9.06. The highest BCUT2D eigenvalue weighted by molar-refractivity contribution is 7.99. The summed E-state index contributed by atoms with van der Waals surface area (Å²) in [7, 11) is -1.91. The van der Waals surface area contributed by atoms with E-state index in [1.807, 2.05) is 6.92 Å².